The minimum atomic E-state index is -3.67. The summed E-state index contributed by atoms with van der Waals surface area (Å²) in [5.74, 6) is 0.0911. The summed E-state index contributed by atoms with van der Waals surface area (Å²) < 4.78 is 30.1. The third-order valence-electron chi connectivity index (χ3n) is 4.81. The number of sulfone groups is 1. The van der Waals surface area contributed by atoms with Gasteiger partial charge in [0.2, 0.25) is 15.7 Å². The maximum atomic E-state index is 12.7. The molecule has 1 atom stereocenters. The molecular formula is C19H26N4O4S. The van der Waals surface area contributed by atoms with E-state index in [1.807, 2.05) is 30.3 Å². The molecule has 28 heavy (non-hydrogen) atoms. The molecule has 3 rings (SSSR count). The zero-order valence-electron chi connectivity index (χ0n) is 16.2. The van der Waals surface area contributed by atoms with Gasteiger partial charge in [-0.15, -0.1) is 5.10 Å². The third-order valence-corrected chi connectivity index (χ3v) is 6.70. The Hall–Kier alpha value is -2.42. The molecule has 2 amide bonds. The van der Waals surface area contributed by atoms with Crippen molar-refractivity contribution in [2.45, 2.75) is 56.0 Å². The fourth-order valence-corrected chi connectivity index (χ4v) is 3.82. The highest BCUT2D eigenvalue weighted by Gasteiger charge is 2.30. The van der Waals surface area contributed by atoms with Gasteiger partial charge in [-0.1, -0.05) is 35.4 Å². The van der Waals surface area contributed by atoms with Crippen molar-refractivity contribution in [3.05, 3.63) is 41.8 Å². The van der Waals surface area contributed by atoms with Gasteiger partial charge >= 0.3 is 11.3 Å². The van der Waals surface area contributed by atoms with Gasteiger partial charge in [-0.05, 0) is 38.7 Å². The van der Waals surface area contributed by atoms with Crippen LogP contribution in [0.4, 0.5) is 4.79 Å². The van der Waals surface area contributed by atoms with E-state index in [9.17, 15) is 13.2 Å². The molecule has 1 aromatic heterocycles. The van der Waals surface area contributed by atoms with E-state index in [2.05, 4.69) is 15.5 Å². The lowest BCUT2D eigenvalue weighted by Gasteiger charge is -2.28. The Kier molecular flexibility index (Phi) is 6.33. The third kappa shape index (κ3) is 4.70. The van der Waals surface area contributed by atoms with Crippen LogP contribution in [0.1, 0.15) is 50.6 Å². The predicted molar refractivity (Wildman–Crippen MR) is 103 cm³/mol. The lowest BCUT2D eigenvalue weighted by Crippen LogP contribution is -2.44. The number of hydrogen-bond donors (Lipinski definition) is 1. The number of piperidine rings is 1. The van der Waals surface area contributed by atoms with E-state index in [-0.39, 0.29) is 11.9 Å². The average molecular weight is 407 g/mol. The van der Waals surface area contributed by atoms with Crippen LogP contribution in [0, 0.1) is 0 Å². The largest absolute Gasteiger partial charge is 0.410 e. The summed E-state index contributed by atoms with van der Waals surface area (Å²) in [6, 6.07) is 8.77. The summed E-state index contributed by atoms with van der Waals surface area (Å²) in [5, 5.41) is 9.51. The molecule has 2 heterocycles. The molecule has 0 aliphatic carbocycles. The van der Waals surface area contributed by atoms with Gasteiger partial charge in [0.15, 0.2) is 0 Å². The highest BCUT2D eigenvalue weighted by Crippen LogP contribution is 2.22. The van der Waals surface area contributed by atoms with Crippen LogP contribution in [0.2, 0.25) is 0 Å². The molecule has 152 valence electrons. The van der Waals surface area contributed by atoms with Crippen molar-refractivity contribution >= 4 is 15.9 Å². The Balaban J connectivity index is 1.83. The number of rotatable bonds is 6. The molecule has 1 aliphatic rings. The zero-order chi connectivity index (χ0) is 20.1. The van der Waals surface area contributed by atoms with Crippen LogP contribution in [-0.2, 0) is 16.3 Å². The first-order valence-electron chi connectivity index (χ1n) is 9.54. The van der Waals surface area contributed by atoms with Gasteiger partial charge in [-0.25, -0.2) is 13.2 Å². The topological polar surface area (TPSA) is 105 Å². The first-order chi connectivity index (χ1) is 13.4. The number of aromatic nitrogens is 2. The van der Waals surface area contributed by atoms with Crippen LogP contribution in [0.15, 0.2) is 40.0 Å². The standard InChI is InChI=1S/C19H26N4O4S/c1-14(2)28(25,26)19-22-21-17(27-19)16(13-15-9-5-3-6-10-15)20-18(24)23-11-7-4-8-12-23/h3,5-6,9-10,14,16H,4,7-8,11-13H2,1-2H3,(H,20,24)/t16-/m0/s1. The van der Waals surface area contributed by atoms with Crippen molar-refractivity contribution in [2.75, 3.05) is 13.1 Å². The maximum absolute atomic E-state index is 12.7. The molecule has 1 aromatic carbocycles. The molecule has 1 fully saturated rings. The highest BCUT2D eigenvalue weighted by molar-refractivity contribution is 7.91. The highest BCUT2D eigenvalue weighted by atomic mass is 32.2. The van der Waals surface area contributed by atoms with E-state index in [4.69, 9.17) is 4.42 Å². The number of benzene rings is 1. The van der Waals surface area contributed by atoms with E-state index in [0.717, 1.165) is 24.8 Å². The number of nitrogens with zero attached hydrogens (tertiary/aromatic N) is 3. The summed E-state index contributed by atoms with van der Waals surface area (Å²) in [4.78, 5) is 14.5. The number of amides is 2. The Morgan fingerprint density at radius 1 is 1.14 bits per heavy atom. The molecule has 1 aliphatic heterocycles. The maximum Gasteiger partial charge on any atom is 0.335 e. The van der Waals surface area contributed by atoms with Crippen LogP contribution >= 0.6 is 0 Å². The van der Waals surface area contributed by atoms with E-state index in [0.29, 0.717) is 19.5 Å². The monoisotopic (exact) mass is 406 g/mol. The Morgan fingerprint density at radius 2 is 1.82 bits per heavy atom. The second kappa shape index (κ2) is 8.72. The zero-order valence-corrected chi connectivity index (χ0v) is 17.0. The van der Waals surface area contributed by atoms with Gasteiger partial charge in [0.05, 0.1) is 5.25 Å². The summed E-state index contributed by atoms with van der Waals surface area (Å²) >= 11 is 0. The minimum absolute atomic E-state index is 0.0911. The van der Waals surface area contributed by atoms with Gasteiger partial charge in [0.1, 0.15) is 6.04 Å². The number of urea groups is 1. The van der Waals surface area contributed by atoms with Crippen LogP contribution in [0.25, 0.3) is 0 Å². The second-order valence-electron chi connectivity index (χ2n) is 7.24. The molecule has 9 heteroatoms. The van der Waals surface area contributed by atoms with E-state index < -0.39 is 26.4 Å². The molecule has 2 aromatic rings. The van der Waals surface area contributed by atoms with Crippen LogP contribution in [0.5, 0.6) is 0 Å². The SMILES string of the molecule is CC(C)S(=O)(=O)c1nnc([C@H](Cc2ccccc2)NC(=O)N2CCCCC2)o1. The number of hydrogen-bond acceptors (Lipinski definition) is 6. The second-order valence-corrected chi connectivity index (χ2v) is 9.62. The van der Waals surface area contributed by atoms with Crippen molar-refractivity contribution in [1.29, 1.82) is 0 Å². The Bertz CT molecular complexity index is 890. The molecule has 0 saturated carbocycles. The smallest absolute Gasteiger partial charge is 0.335 e. The molecule has 1 N–H and O–H groups in total. The fourth-order valence-electron chi connectivity index (χ4n) is 3.07. The number of carbonyl (C=O) groups excluding carboxylic acids is 1. The molecule has 1 saturated heterocycles. The molecular weight excluding hydrogens is 380 g/mol. The van der Waals surface area contributed by atoms with Crippen molar-refractivity contribution < 1.29 is 17.6 Å². The molecule has 0 unspecified atom stereocenters. The Morgan fingerprint density at radius 3 is 2.46 bits per heavy atom. The van der Waals surface area contributed by atoms with Gasteiger partial charge in [0, 0.05) is 19.5 Å². The van der Waals surface area contributed by atoms with Crippen LogP contribution < -0.4 is 5.32 Å². The molecule has 0 radical (unpaired) electrons. The van der Waals surface area contributed by atoms with Crippen molar-refractivity contribution in [3.8, 4) is 0 Å². The van der Waals surface area contributed by atoms with Gasteiger partial charge < -0.3 is 14.6 Å². The quantitative estimate of drug-likeness (QED) is 0.791. The van der Waals surface area contributed by atoms with Crippen molar-refractivity contribution in [2.24, 2.45) is 0 Å². The first kappa shape index (κ1) is 20.3. The fraction of sp³-hybridized carbons (Fsp3) is 0.526. The van der Waals surface area contributed by atoms with Crippen LogP contribution in [0.3, 0.4) is 0 Å². The van der Waals surface area contributed by atoms with Gasteiger partial charge in [-0.3, -0.25) is 0 Å². The predicted octanol–water partition coefficient (Wildman–Crippen LogP) is 2.73. The molecule has 0 bridgehead atoms. The lowest BCUT2D eigenvalue weighted by atomic mass is 10.1. The normalized spacial score (nSPS) is 16.2. The minimum Gasteiger partial charge on any atom is -0.410 e. The lowest BCUT2D eigenvalue weighted by molar-refractivity contribution is 0.180. The number of likely N-dealkylation sites (tertiary alicyclic amines) is 1. The Labute approximate surface area is 165 Å². The summed E-state index contributed by atoms with van der Waals surface area (Å²) in [5.41, 5.74) is 0.970. The summed E-state index contributed by atoms with van der Waals surface area (Å²) in [7, 11) is -3.67. The number of carbonyl (C=O) groups is 1. The van der Waals surface area contributed by atoms with E-state index in [1.165, 1.54) is 0 Å². The van der Waals surface area contributed by atoms with Gasteiger partial charge in [-0.2, -0.15) is 0 Å². The van der Waals surface area contributed by atoms with E-state index >= 15 is 0 Å². The average Bonchev–Trinajstić information content (AvgIpc) is 3.20. The van der Waals surface area contributed by atoms with Crippen LogP contribution in [-0.4, -0.2) is 47.9 Å². The molecule has 0 spiro atoms. The van der Waals surface area contributed by atoms with Crippen molar-refractivity contribution in [3.63, 3.8) is 0 Å². The van der Waals surface area contributed by atoms with Crippen molar-refractivity contribution in [1.82, 2.24) is 20.4 Å². The molecule has 8 nitrogen and oxygen atoms in total. The van der Waals surface area contributed by atoms with Gasteiger partial charge in [0.25, 0.3) is 0 Å². The number of nitrogens with one attached hydrogen (secondary N) is 1. The first-order valence-corrected chi connectivity index (χ1v) is 11.1. The van der Waals surface area contributed by atoms with E-state index in [1.54, 1.807) is 18.7 Å². The summed E-state index contributed by atoms with van der Waals surface area (Å²) in [6.07, 6.45) is 3.50. The summed E-state index contributed by atoms with van der Waals surface area (Å²) in [6.45, 7) is 4.53.